The number of hydrazine groups is 1. The number of rotatable bonds is 5. The summed E-state index contributed by atoms with van der Waals surface area (Å²) in [5.74, 6) is 9.55. The molecule has 0 aromatic carbocycles. The van der Waals surface area contributed by atoms with Crippen LogP contribution < -0.4 is 16.2 Å². The smallest absolute Gasteiger partial charge is 0.145 e. The van der Waals surface area contributed by atoms with Gasteiger partial charge >= 0.3 is 0 Å². The lowest BCUT2D eigenvalue weighted by Gasteiger charge is -2.22. The molecule has 0 bridgehead atoms. The summed E-state index contributed by atoms with van der Waals surface area (Å²) in [6.45, 7) is 1.09. The summed E-state index contributed by atoms with van der Waals surface area (Å²) < 4.78 is 0. The summed E-state index contributed by atoms with van der Waals surface area (Å²) in [6.07, 6.45) is 7.88. The Bertz CT molecular complexity index is 437. The lowest BCUT2D eigenvalue weighted by Crippen LogP contribution is -2.25. The van der Waals surface area contributed by atoms with Gasteiger partial charge in [0, 0.05) is 25.6 Å². The molecule has 2 aliphatic carbocycles. The fourth-order valence-corrected chi connectivity index (χ4v) is 2.92. The monoisotopic (exact) mass is 261 g/mol. The predicted molar refractivity (Wildman–Crippen MR) is 77.0 cm³/mol. The number of nitrogens with one attached hydrogen (secondary N) is 1. The van der Waals surface area contributed by atoms with Crippen molar-refractivity contribution < 1.29 is 0 Å². The fourth-order valence-electron chi connectivity index (χ4n) is 2.92. The molecule has 0 spiro atoms. The first-order valence-electron chi connectivity index (χ1n) is 7.33. The number of anilines is 2. The maximum absolute atomic E-state index is 5.51. The van der Waals surface area contributed by atoms with Crippen LogP contribution in [-0.2, 0) is 0 Å². The second-order valence-corrected chi connectivity index (χ2v) is 5.92. The van der Waals surface area contributed by atoms with Crippen molar-refractivity contribution in [2.24, 2.45) is 11.8 Å². The molecule has 2 saturated carbocycles. The Morgan fingerprint density at radius 1 is 1.26 bits per heavy atom. The molecule has 0 atom stereocenters. The fraction of sp³-hybridized carbons (Fsp3) is 0.714. The quantitative estimate of drug-likeness (QED) is 0.628. The van der Waals surface area contributed by atoms with Gasteiger partial charge in [0.25, 0.3) is 0 Å². The van der Waals surface area contributed by atoms with Gasteiger partial charge in [-0.2, -0.15) is 0 Å². The van der Waals surface area contributed by atoms with Crippen LogP contribution in [0.15, 0.2) is 6.07 Å². The predicted octanol–water partition coefficient (Wildman–Crippen LogP) is 2.27. The van der Waals surface area contributed by atoms with E-state index in [2.05, 4.69) is 22.4 Å². The molecule has 2 aliphatic rings. The van der Waals surface area contributed by atoms with E-state index in [0.717, 1.165) is 29.9 Å². The van der Waals surface area contributed by atoms with Crippen molar-refractivity contribution in [2.75, 3.05) is 23.9 Å². The Morgan fingerprint density at radius 2 is 2.00 bits per heavy atom. The Balaban J connectivity index is 1.75. The third-order valence-corrected chi connectivity index (χ3v) is 4.22. The molecule has 2 fully saturated rings. The van der Waals surface area contributed by atoms with Crippen LogP contribution >= 0.6 is 0 Å². The SMILES string of the molecule is CN(CC1CCCC1)c1cc(NN)nc(C2CC2)n1. The summed E-state index contributed by atoms with van der Waals surface area (Å²) in [5.41, 5.74) is 2.66. The van der Waals surface area contributed by atoms with E-state index in [4.69, 9.17) is 10.8 Å². The molecule has 0 radical (unpaired) electrons. The number of hydrogen-bond donors (Lipinski definition) is 2. The highest BCUT2D eigenvalue weighted by Gasteiger charge is 2.28. The van der Waals surface area contributed by atoms with E-state index >= 15 is 0 Å². The van der Waals surface area contributed by atoms with Gasteiger partial charge in [0.15, 0.2) is 0 Å². The lowest BCUT2D eigenvalue weighted by molar-refractivity contribution is 0.544. The molecule has 104 valence electrons. The molecule has 5 nitrogen and oxygen atoms in total. The molecule has 3 N–H and O–H groups in total. The summed E-state index contributed by atoms with van der Waals surface area (Å²) in [4.78, 5) is 11.4. The topological polar surface area (TPSA) is 67.1 Å². The van der Waals surface area contributed by atoms with Gasteiger partial charge in [-0.3, -0.25) is 0 Å². The van der Waals surface area contributed by atoms with Crippen molar-refractivity contribution >= 4 is 11.6 Å². The normalized spacial score (nSPS) is 19.7. The van der Waals surface area contributed by atoms with Crippen molar-refractivity contribution in [3.8, 4) is 0 Å². The van der Waals surface area contributed by atoms with Crippen LogP contribution in [0.5, 0.6) is 0 Å². The summed E-state index contributed by atoms with van der Waals surface area (Å²) in [5, 5.41) is 0. The van der Waals surface area contributed by atoms with Crippen LogP contribution in [0.2, 0.25) is 0 Å². The molecular formula is C14H23N5. The average molecular weight is 261 g/mol. The highest BCUT2D eigenvalue weighted by atomic mass is 15.3. The molecule has 0 amide bonds. The van der Waals surface area contributed by atoms with Crippen LogP contribution in [0.4, 0.5) is 11.6 Å². The maximum atomic E-state index is 5.51. The number of nitrogens with zero attached hydrogens (tertiary/aromatic N) is 3. The average Bonchev–Trinajstić information content (AvgIpc) is 3.17. The summed E-state index contributed by atoms with van der Waals surface area (Å²) >= 11 is 0. The van der Waals surface area contributed by atoms with Crippen LogP contribution in [0, 0.1) is 5.92 Å². The molecule has 3 rings (SSSR count). The minimum atomic E-state index is 0.548. The summed E-state index contributed by atoms with van der Waals surface area (Å²) in [6, 6.07) is 1.95. The molecule has 1 heterocycles. The standard InChI is InChI=1S/C14H23N5/c1-19(9-10-4-2-3-5-10)13-8-12(18-15)16-14(17-13)11-6-7-11/h8,10-11H,2-7,9,15H2,1H3,(H,16,17,18). The first-order chi connectivity index (χ1) is 9.26. The highest BCUT2D eigenvalue weighted by molar-refractivity contribution is 5.49. The highest BCUT2D eigenvalue weighted by Crippen LogP contribution is 2.39. The second-order valence-electron chi connectivity index (χ2n) is 5.92. The number of nitrogens with two attached hydrogens (primary N) is 1. The molecule has 5 heteroatoms. The van der Waals surface area contributed by atoms with Gasteiger partial charge in [0.05, 0.1) is 0 Å². The van der Waals surface area contributed by atoms with Crippen molar-refractivity contribution in [2.45, 2.75) is 44.4 Å². The molecule has 0 saturated heterocycles. The van der Waals surface area contributed by atoms with Crippen LogP contribution in [0.1, 0.15) is 50.3 Å². The lowest BCUT2D eigenvalue weighted by atomic mass is 10.1. The number of nitrogen functional groups attached to an aromatic ring is 1. The molecule has 1 aromatic rings. The van der Waals surface area contributed by atoms with Crippen LogP contribution in [0.25, 0.3) is 0 Å². The van der Waals surface area contributed by atoms with E-state index in [1.54, 1.807) is 0 Å². The molecule has 0 unspecified atom stereocenters. The Labute approximate surface area is 114 Å². The zero-order chi connectivity index (χ0) is 13.2. The van der Waals surface area contributed by atoms with Gasteiger partial charge in [-0.15, -0.1) is 0 Å². The van der Waals surface area contributed by atoms with Gasteiger partial charge in [0.1, 0.15) is 17.5 Å². The maximum Gasteiger partial charge on any atom is 0.145 e. The van der Waals surface area contributed by atoms with Crippen molar-refractivity contribution in [1.82, 2.24) is 9.97 Å². The van der Waals surface area contributed by atoms with Gasteiger partial charge in [-0.1, -0.05) is 12.8 Å². The minimum Gasteiger partial charge on any atom is -0.359 e. The van der Waals surface area contributed by atoms with E-state index in [1.165, 1.54) is 38.5 Å². The van der Waals surface area contributed by atoms with E-state index in [1.807, 2.05) is 6.07 Å². The van der Waals surface area contributed by atoms with Gasteiger partial charge < -0.3 is 10.3 Å². The van der Waals surface area contributed by atoms with Gasteiger partial charge in [-0.25, -0.2) is 15.8 Å². The molecule has 0 aliphatic heterocycles. The number of aromatic nitrogens is 2. The number of hydrogen-bond acceptors (Lipinski definition) is 5. The Kier molecular flexibility index (Phi) is 3.55. The third kappa shape index (κ3) is 2.97. The van der Waals surface area contributed by atoms with E-state index in [9.17, 15) is 0 Å². The van der Waals surface area contributed by atoms with Crippen molar-refractivity contribution in [1.29, 1.82) is 0 Å². The minimum absolute atomic E-state index is 0.548. The van der Waals surface area contributed by atoms with Crippen molar-refractivity contribution in [3.05, 3.63) is 11.9 Å². The van der Waals surface area contributed by atoms with E-state index < -0.39 is 0 Å². The van der Waals surface area contributed by atoms with Crippen molar-refractivity contribution in [3.63, 3.8) is 0 Å². The summed E-state index contributed by atoms with van der Waals surface area (Å²) in [7, 11) is 2.12. The Morgan fingerprint density at radius 3 is 2.63 bits per heavy atom. The van der Waals surface area contributed by atoms with E-state index in [-0.39, 0.29) is 0 Å². The van der Waals surface area contributed by atoms with Crippen LogP contribution in [-0.4, -0.2) is 23.6 Å². The second kappa shape index (κ2) is 5.33. The zero-order valence-electron chi connectivity index (χ0n) is 11.6. The molecule has 1 aromatic heterocycles. The first kappa shape index (κ1) is 12.7. The zero-order valence-corrected chi connectivity index (χ0v) is 11.6. The van der Waals surface area contributed by atoms with E-state index in [0.29, 0.717) is 5.92 Å². The van der Waals surface area contributed by atoms with Gasteiger partial charge in [-0.05, 0) is 31.6 Å². The molecule has 19 heavy (non-hydrogen) atoms. The largest absolute Gasteiger partial charge is 0.359 e. The van der Waals surface area contributed by atoms with Gasteiger partial charge in [0.2, 0.25) is 0 Å². The third-order valence-electron chi connectivity index (χ3n) is 4.22. The Hall–Kier alpha value is -1.36. The van der Waals surface area contributed by atoms with Crippen LogP contribution in [0.3, 0.4) is 0 Å². The first-order valence-corrected chi connectivity index (χ1v) is 7.33. The molecular weight excluding hydrogens is 238 g/mol.